The van der Waals surface area contributed by atoms with Crippen molar-refractivity contribution >= 4 is 5.91 Å². The number of fused-ring (bicyclic) bond motifs is 1. The molecule has 3 nitrogen and oxygen atoms in total. The van der Waals surface area contributed by atoms with Crippen molar-refractivity contribution in [3.63, 3.8) is 0 Å². The van der Waals surface area contributed by atoms with Gasteiger partial charge < -0.3 is 10.6 Å². The summed E-state index contributed by atoms with van der Waals surface area (Å²) in [5.74, 6) is 1.68. The lowest BCUT2D eigenvalue weighted by Crippen LogP contribution is -2.75. The monoisotopic (exact) mass is 364 g/mol. The highest BCUT2D eigenvalue weighted by Crippen LogP contribution is 2.93. The molecule has 7 unspecified atom stereocenters. The van der Waals surface area contributed by atoms with Gasteiger partial charge in [0, 0.05) is 11.5 Å². The summed E-state index contributed by atoms with van der Waals surface area (Å²) in [4.78, 5) is 13.7. The third-order valence-electron chi connectivity index (χ3n) is 9.82. The van der Waals surface area contributed by atoms with Crippen molar-refractivity contribution in [3.05, 3.63) is 35.9 Å². The molecule has 1 aromatic rings. The normalized spacial score (nSPS) is 51.9. The van der Waals surface area contributed by atoms with E-state index in [1.807, 2.05) is 0 Å². The highest BCUT2D eigenvalue weighted by atomic mass is 16.2. The second-order valence-corrected chi connectivity index (χ2v) is 10.9. The van der Waals surface area contributed by atoms with Gasteiger partial charge in [0.15, 0.2) is 0 Å². The van der Waals surface area contributed by atoms with Gasteiger partial charge in [0.25, 0.3) is 0 Å². The van der Waals surface area contributed by atoms with Crippen LogP contribution in [0, 0.1) is 28.1 Å². The lowest BCUT2D eigenvalue weighted by Gasteiger charge is -2.79. The second-order valence-electron chi connectivity index (χ2n) is 10.9. The first kappa shape index (κ1) is 16.6. The Kier molecular flexibility index (Phi) is 3.06. The van der Waals surface area contributed by atoms with Gasteiger partial charge in [-0.2, -0.15) is 0 Å². The third-order valence-corrected chi connectivity index (χ3v) is 9.82. The molecule has 5 fully saturated rings. The summed E-state index contributed by atoms with van der Waals surface area (Å²) >= 11 is 0. The molecule has 3 heteroatoms. The fourth-order valence-electron chi connectivity index (χ4n) is 8.98. The summed E-state index contributed by atoms with van der Waals surface area (Å²) in [6, 6.07) is 11.5. The van der Waals surface area contributed by atoms with Gasteiger partial charge >= 0.3 is 0 Å². The maximum absolute atomic E-state index is 13.7. The molecule has 2 bridgehead atoms. The van der Waals surface area contributed by atoms with Crippen LogP contribution in [0.3, 0.4) is 0 Å². The molecule has 4 saturated carbocycles. The number of hydrogen-bond donors (Lipinski definition) is 2. The van der Waals surface area contributed by atoms with E-state index >= 15 is 0 Å². The van der Waals surface area contributed by atoms with Crippen molar-refractivity contribution < 1.29 is 4.79 Å². The van der Waals surface area contributed by atoms with Gasteiger partial charge in [-0.1, -0.05) is 44.2 Å². The van der Waals surface area contributed by atoms with Crippen molar-refractivity contribution in [2.24, 2.45) is 28.1 Å². The largest absolute Gasteiger partial charge is 0.353 e. The van der Waals surface area contributed by atoms with Crippen LogP contribution in [0.1, 0.15) is 57.9 Å². The molecule has 1 saturated heterocycles. The second kappa shape index (κ2) is 4.97. The standard InChI is InChI=1S/C24H32N2O/c1-16-12-25-9-8-19(16)26-20(27)22-11-18-10-21(2)13-23(14-22,24(18,21)15-22)17-6-4-3-5-7-17/h3-7,16,18-19,25H,8-15H2,1-2H3,(H,26,27). The van der Waals surface area contributed by atoms with E-state index in [-0.39, 0.29) is 10.8 Å². The van der Waals surface area contributed by atoms with Gasteiger partial charge in [-0.3, -0.25) is 4.79 Å². The molecular formula is C24H32N2O. The maximum Gasteiger partial charge on any atom is 0.226 e. The predicted molar refractivity (Wildman–Crippen MR) is 106 cm³/mol. The van der Waals surface area contributed by atoms with Crippen LogP contribution < -0.4 is 10.6 Å². The molecule has 0 radical (unpaired) electrons. The molecule has 5 aliphatic rings. The molecule has 2 N–H and O–H groups in total. The highest BCUT2D eigenvalue weighted by molar-refractivity contribution is 5.85. The minimum Gasteiger partial charge on any atom is -0.353 e. The van der Waals surface area contributed by atoms with E-state index in [1.54, 1.807) is 0 Å². The first-order valence-electron chi connectivity index (χ1n) is 11.0. The summed E-state index contributed by atoms with van der Waals surface area (Å²) in [6.07, 6.45) is 7.07. The summed E-state index contributed by atoms with van der Waals surface area (Å²) in [7, 11) is 0. The minimum atomic E-state index is -0.112. The Morgan fingerprint density at radius 3 is 2.70 bits per heavy atom. The quantitative estimate of drug-likeness (QED) is 0.860. The van der Waals surface area contributed by atoms with Crippen LogP contribution in [-0.4, -0.2) is 25.0 Å². The van der Waals surface area contributed by atoms with E-state index in [2.05, 4.69) is 54.8 Å². The molecule has 1 heterocycles. The Bertz CT molecular complexity index is 808. The van der Waals surface area contributed by atoms with Crippen LogP contribution in [0.4, 0.5) is 0 Å². The molecule has 144 valence electrons. The zero-order valence-corrected chi connectivity index (χ0v) is 16.7. The predicted octanol–water partition coefficient (Wildman–Crippen LogP) is 3.64. The Hall–Kier alpha value is -1.35. The fraction of sp³-hybridized carbons (Fsp3) is 0.708. The summed E-state index contributed by atoms with van der Waals surface area (Å²) in [6.45, 7) is 6.84. The molecule has 1 amide bonds. The van der Waals surface area contributed by atoms with Crippen molar-refractivity contribution in [2.45, 2.75) is 63.8 Å². The van der Waals surface area contributed by atoms with E-state index in [1.165, 1.54) is 18.4 Å². The third kappa shape index (κ3) is 1.72. The summed E-state index contributed by atoms with van der Waals surface area (Å²) in [5.41, 5.74) is 2.55. The van der Waals surface area contributed by atoms with Gasteiger partial charge in [-0.05, 0) is 79.8 Å². The molecule has 1 aliphatic heterocycles. The zero-order chi connectivity index (χ0) is 18.5. The van der Waals surface area contributed by atoms with Crippen molar-refractivity contribution in [2.75, 3.05) is 13.1 Å². The molecule has 4 aliphatic carbocycles. The number of piperidine rings is 1. The summed E-state index contributed by atoms with van der Waals surface area (Å²) < 4.78 is 0. The number of carbonyl (C=O) groups excluding carboxylic acids is 1. The Labute approximate surface area is 162 Å². The van der Waals surface area contributed by atoms with Crippen molar-refractivity contribution in [1.29, 1.82) is 0 Å². The highest BCUT2D eigenvalue weighted by Gasteiger charge is 2.89. The number of nitrogens with one attached hydrogen (secondary N) is 2. The molecule has 7 atom stereocenters. The van der Waals surface area contributed by atoms with Gasteiger partial charge in [0.05, 0.1) is 5.41 Å². The minimum absolute atomic E-state index is 0.112. The molecule has 27 heavy (non-hydrogen) atoms. The number of amides is 1. The smallest absolute Gasteiger partial charge is 0.226 e. The number of benzene rings is 1. The molecular weight excluding hydrogens is 332 g/mol. The lowest BCUT2D eigenvalue weighted by atomic mass is 9.24. The van der Waals surface area contributed by atoms with Crippen LogP contribution in [0.5, 0.6) is 0 Å². The fourth-order valence-corrected chi connectivity index (χ4v) is 8.98. The maximum atomic E-state index is 13.7. The van der Waals surface area contributed by atoms with Crippen molar-refractivity contribution in [1.82, 2.24) is 10.6 Å². The first-order chi connectivity index (χ1) is 12.9. The van der Waals surface area contributed by atoms with Crippen molar-refractivity contribution in [3.8, 4) is 0 Å². The Balaban J connectivity index is 1.34. The molecule has 0 aromatic heterocycles. The van der Waals surface area contributed by atoms with E-state index in [4.69, 9.17) is 0 Å². The Morgan fingerprint density at radius 1 is 1.15 bits per heavy atom. The zero-order valence-electron chi connectivity index (χ0n) is 16.7. The van der Waals surface area contributed by atoms with Crippen LogP contribution in [0.2, 0.25) is 0 Å². The molecule has 1 aromatic carbocycles. The van der Waals surface area contributed by atoms with Gasteiger partial charge in [0.1, 0.15) is 0 Å². The van der Waals surface area contributed by atoms with Gasteiger partial charge in [-0.25, -0.2) is 0 Å². The van der Waals surface area contributed by atoms with Crippen LogP contribution in [0.25, 0.3) is 0 Å². The van der Waals surface area contributed by atoms with E-state index in [9.17, 15) is 4.79 Å². The lowest BCUT2D eigenvalue weighted by molar-refractivity contribution is -0.270. The number of hydrogen-bond acceptors (Lipinski definition) is 2. The SMILES string of the molecule is CC1CNCCC1NC(=O)C12CC3CC4(C)CC(c5ccccc5)(C1)C34C2. The molecule has 1 spiro atoms. The van der Waals surface area contributed by atoms with Crippen LogP contribution in [0.15, 0.2) is 30.3 Å². The first-order valence-corrected chi connectivity index (χ1v) is 11.0. The van der Waals surface area contributed by atoms with Gasteiger partial charge in [0.2, 0.25) is 5.91 Å². The summed E-state index contributed by atoms with van der Waals surface area (Å²) in [5, 5.41) is 6.99. The van der Waals surface area contributed by atoms with Crippen LogP contribution in [-0.2, 0) is 10.2 Å². The van der Waals surface area contributed by atoms with Crippen LogP contribution >= 0.6 is 0 Å². The Morgan fingerprint density at radius 2 is 1.96 bits per heavy atom. The number of carbonyl (C=O) groups is 1. The molecule has 6 rings (SSSR count). The number of rotatable bonds is 3. The van der Waals surface area contributed by atoms with E-state index in [0.29, 0.717) is 28.7 Å². The average molecular weight is 365 g/mol. The van der Waals surface area contributed by atoms with E-state index in [0.717, 1.165) is 44.7 Å². The average Bonchev–Trinajstić information content (AvgIpc) is 3.13. The van der Waals surface area contributed by atoms with E-state index < -0.39 is 0 Å². The topological polar surface area (TPSA) is 41.1 Å². The van der Waals surface area contributed by atoms with Gasteiger partial charge in [-0.15, -0.1) is 0 Å².